The number of nitrogens with one attached hydrogen (secondary N) is 1. The molecule has 2 rings (SSSR count). The van der Waals surface area contributed by atoms with Crippen LogP contribution in [0.25, 0.3) is 0 Å². The van der Waals surface area contributed by atoms with Gasteiger partial charge >= 0.3 is 12.4 Å². The van der Waals surface area contributed by atoms with Gasteiger partial charge in [-0.05, 0) is 37.3 Å². The van der Waals surface area contributed by atoms with Crippen LogP contribution < -0.4 is 9.46 Å². The number of benzene rings is 1. The van der Waals surface area contributed by atoms with Crippen molar-refractivity contribution in [1.29, 1.82) is 0 Å². The van der Waals surface area contributed by atoms with Crippen molar-refractivity contribution in [2.45, 2.75) is 37.0 Å². The second-order valence-corrected chi connectivity index (χ2v) is 8.34. The van der Waals surface area contributed by atoms with Crippen molar-refractivity contribution in [3.05, 3.63) is 53.3 Å². The molecule has 0 spiro atoms. The number of ether oxygens (including phenoxy) is 1. The van der Waals surface area contributed by atoms with Crippen LogP contribution in [0, 0.1) is 0 Å². The van der Waals surface area contributed by atoms with E-state index in [1.165, 1.54) is 10.8 Å². The quantitative estimate of drug-likeness (QED) is 0.549. The van der Waals surface area contributed by atoms with Gasteiger partial charge in [-0.25, -0.2) is 13.1 Å². The molecule has 2 aromatic rings. The van der Waals surface area contributed by atoms with E-state index >= 15 is 0 Å². The summed E-state index contributed by atoms with van der Waals surface area (Å²) in [6.45, 7) is -0.0134. The first-order valence-corrected chi connectivity index (χ1v) is 10.6. The van der Waals surface area contributed by atoms with E-state index in [-0.39, 0.29) is 23.6 Å². The summed E-state index contributed by atoms with van der Waals surface area (Å²) in [5.74, 6) is -0.483. The molecule has 6 nitrogen and oxygen atoms in total. The normalized spacial score (nSPS) is 12.6. The number of alkyl halides is 6. The molecule has 0 fully saturated rings. The molecular weight excluding hydrogens is 466 g/mol. The third-order valence-corrected chi connectivity index (χ3v) is 5.41. The zero-order valence-corrected chi connectivity index (χ0v) is 17.4. The molecule has 0 bridgehead atoms. The molecule has 13 heteroatoms. The molecule has 176 valence electrons. The average Bonchev–Trinajstić information content (AvgIpc) is 2.67. The Morgan fingerprint density at radius 1 is 1.06 bits per heavy atom. The summed E-state index contributed by atoms with van der Waals surface area (Å²) >= 11 is 0. The molecule has 1 N–H and O–H groups in total. The summed E-state index contributed by atoms with van der Waals surface area (Å²) < 4.78 is 107. The predicted octanol–water partition coefficient (Wildman–Crippen LogP) is 3.69. The maximum absolute atomic E-state index is 12.8. The minimum atomic E-state index is -4.77. The number of carbonyl (C=O) groups excluding carboxylic acids is 1. The van der Waals surface area contributed by atoms with E-state index in [1.807, 2.05) is 0 Å². The number of aromatic nitrogens is 1. The first-order chi connectivity index (χ1) is 14.7. The van der Waals surface area contributed by atoms with Gasteiger partial charge in [0, 0.05) is 30.3 Å². The smallest absolute Gasteiger partial charge is 0.416 e. The van der Waals surface area contributed by atoms with Gasteiger partial charge in [-0.2, -0.15) is 26.3 Å². The Kier molecular flexibility index (Phi) is 7.88. The van der Waals surface area contributed by atoms with Crippen molar-refractivity contribution in [2.75, 3.05) is 13.2 Å². The number of Topliss-reactive ketones (excluding diaryl/α,β-unsaturated/α-hetero) is 1. The number of hydrogen-bond acceptors (Lipinski definition) is 5. The van der Waals surface area contributed by atoms with Crippen molar-refractivity contribution in [3.63, 3.8) is 0 Å². The SMILES string of the molecule is CCOc1ccc(S(=O)(=O)NCC(F)(F)F)cc1CC(=O)Cc1cc(C(F)(F)F)ccn1. The Balaban J connectivity index is 2.25. The van der Waals surface area contributed by atoms with E-state index in [4.69, 9.17) is 4.74 Å². The molecule has 1 heterocycles. The summed E-state index contributed by atoms with van der Waals surface area (Å²) in [7, 11) is -4.54. The molecule has 0 radical (unpaired) electrons. The lowest BCUT2D eigenvalue weighted by molar-refractivity contribution is -0.137. The Morgan fingerprint density at radius 3 is 2.34 bits per heavy atom. The highest BCUT2D eigenvalue weighted by atomic mass is 32.2. The highest BCUT2D eigenvalue weighted by Gasteiger charge is 2.31. The van der Waals surface area contributed by atoms with Crippen molar-refractivity contribution in [2.24, 2.45) is 0 Å². The Morgan fingerprint density at radius 2 is 1.75 bits per heavy atom. The monoisotopic (exact) mass is 484 g/mol. The average molecular weight is 484 g/mol. The largest absolute Gasteiger partial charge is 0.494 e. The fourth-order valence-corrected chi connectivity index (χ4v) is 3.71. The number of pyridine rings is 1. The summed E-state index contributed by atoms with van der Waals surface area (Å²) in [6, 6.07) is 4.68. The topological polar surface area (TPSA) is 85.4 Å². The number of ketones is 1. The van der Waals surface area contributed by atoms with Gasteiger partial charge in [-0.1, -0.05) is 0 Å². The van der Waals surface area contributed by atoms with Crippen molar-refractivity contribution in [3.8, 4) is 5.75 Å². The van der Waals surface area contributed by atoms with E-state index in [0.29, 0.717) is 0 Å². The minimum Gasteiger partial charge on any atom is -0.494 e. The van der Waals surface area contributed by atoms with Crippen LogP contribution in [-0.4, -0.2) is 38.5 Å². The van der Waals surface area contributed by atoms with Crippen LogP contribution in [0.1, 0.15) is 23.7 Å². The molecule has 0 saturated heterocycles. The number of sulfonamides is 1. The van der Waals surface area contributed by atoms with E-state index in [0.717, 1.165) is 30.5 Å². The first-order valence-electron chi connectivity index (χ1n) is 9.07. The summed E-state index contributed by atoms with van der Waals surface area (Å²) in [6.07, 6.45) is -9.38. The zero-order valence-electron chi connectivity index (χ0n) is 16.5. The highest BCUT2D eigenvalue weighted by Crippen LogP contribution is 2.29. The minimum absolute atomic E-state index is 0.0544. The van der Waals surface area contributed by atoms with E-state index < -0.39 is 58.0 Å². The molecule has 0 amide bonds. The van der Waals surface area contributed by atoms with E-state index in [2.05, 4.69) is 4.98 Å². The lowest BCUT2D eigenvalue weighted by Crippen LogP contribution is -2.33. The Labute approximate surface area is 179 Å². The second kappa shape index (κ2) is 9.86. The van der Waals surface area contributed by atoms with Crippen LogP contribution in [0.2, 0.25) is 0 Å². The fourth-order valence-electron chi connectivity index (χ4n) is 2.65. The maximum atomic E-state index is 12.8. The Bertz CT molecular complexity index is 1070. The highest BCUT2D eigenvalue weighted by molar-refractivity contribution is 7.89. The number of rotatable bonds is 9. The standard InChI is InChI=1S/C19H18F6N2O4S/c1-2-31-17-4-3-16(32(29,30)27-11-18(20,21)22)8-12(17)7-15(28)10-14-9-13(5-6-26-14)19(23,24)25/h3-6,8-9,27H,2,7,10-11H2,1H3. The zero-order chi connectivity index (χ0) is 24.2. The van der Waals surface area contributed by atoms with Crippen LogP contribution in [0.3, 0.4) is 0 Å². The fraction of sp³-hybridized carbons (Fsp3) is 0.368. The van der Waals surface area contributed by atoms with Gasteiger partial charge in [0.05, 0.1) is 17.1 Å². The molecular formula is C19H18F6N2O4S. The van der Waals surface area contributed by atoms with Gasteiger partial charge in [0.15, 0.2) is 0 Å². The van der Waals surface area contributed by atoms with Crippen molar-refractivity contribution < 1.29 is 44.3 Å². The molecule has 1 aromatic carbocycles. The van der Waals surface area contributed by atoms with Gasteiger partial charge in [0.1, 0.15) is 18.1 Å². The number of nitrogens with zero attached hydrogens (tertiary/aromatic N) is 1. The second-order valence-electron chi connectivity index (χ2n) is 6.57. The summed E-state index contributed by atoms with van der Waals surface area (Å²) in [5.41, 5.74) is -1.06. The molecule has 32 heavy (non-hydrogen) atoms. The summed E-state index contributed by atoms with van der Waals surface area (Å²) in [5, 5.41) is 0. The van der Waals surface area contributed by atoms with E-state index in [1.54, 1.807) is 6.92 Å². The van der Waals surface area contributed by atoms with Crippen LogP contribution in [0.5, 0.6) is 5.75 Å². The maximum Gasteiger partial charge on any atom is 0.416 e. The van der Waals surface area contributed by atoms with Crippen LogP contribution in [0.4, 0.5) is 26.3 Å². The predicted molar refractivity (Wildman–Crippen MR) is 101 cm³/mol. The number of hydrogen-bond donors (Lipinski definition) is 1. The van der Waals surface area contributed by atoms with Gasteiger partial charge in [-0.15, -0.1) is 0 Å². The third-order valence-electron chi connectivity index (χ3n) is 4.01. The molecule has 1 aromatic heterocycles. The summed E-state index contributed by atoms with van der Waals surface area (Å²) in [4.78, 5) is 15.6. The molecule has 0 aliphatic heterocycles. The first kappa shape index (κ1) is 25.6. The van der Waals surface area contributed by atoms with Crippen LogP contribution in [-0.2, 0) is 33.8 Å². The van der Waals surface area contributed by atoms with Gasteiger partial charge in [0.2, 0.25) is 10.0 Å². The third kappa shape index (κ3) is 7.48. The lowest BCUT2D eigenvalue weighted by Gasteiger charge is -2.14. The molecule has 0 saturated carbocycles. The number of carbonyl (C=O) groups is 1. The molecule has 0 aliphatic rings. The molecule has 0 unspecified atom stereocenters. The molecule has 0 aliphatic carbocycles. The van der Waals surface area contributed by atoms with Crippen LogP contribution >= 0.6 is 0 Å². The van der Waals surface area contributed by atoms with Crippen molar-refractivity contribution in [1.82, 2.24) is 9.71 Å². The van der Waals surface area contributed by atoms with Gasteiger partial charge < -0.3 is 4.74 Å². The Hall–Kier alpha value is -2.67. The van der Waals surface area contributed by atoms with Crippen LogP contribution in [0.15, 0.2) is 41.4 Å². The lowest BCUT2D eigenvalue weighted by atomic mass is 10.0. The van der Waals surface area contributed by atoms with Crippen molar-refractivity contribution >= 4 is 15.8 Å². The van der Waals surface area contributed by atoms with Gasteiger partial charge in [-0.3, -0.25) is 9.78 Å². The van der Waals surface area contributed by atoms with E-state index in [9.17, 15) is 39.6 Å². The molecule has 0 atom stereocenters. The number of halogens is 6. The van der Waals surface area contributed by atoms with Gasteiger partial charge in [0.25, 0.3) is 0 Å².